The van der Waals surface area contributed by atoms with Crippen LogP contribution in [0, 0.1) is 6.57 Å². The highest BCUT2D eigenvalue weighted by Crippen LogP contribution is 2.43. The van der Waals surface area contributed by atoms with E-state index in [1.54, 1.807) is 0 Å². The third kappa shape index (κ3) is 4.20. The van der Waals surface area contributed by atoms with Gasteiger partial charge < -0.3 is 4.57 Å². The van der Waals surface area contributed by atoms with Gasteiger partial charge in [-0.3, -0.25) is 0 Å². The van der Waals surface area contributed by atoms with Crippen molar-refractivity contribution >= 4 is 59.0 Å². The number of hydrogen-bond acceptors (Lipinski definition) is 3. The Bertz CT molecular complexity index is 2660. The first-order chi connectivity index (χ1) is 22.7. The second-order valence-corrected chi connectivity index (χ2v) is 12.4. The molecule has 3 heterocycles. The molecule has 6 aromatic carbocycles. The van der Waals surface area contributed by atoms with E-state index in [4.69, 9.17) is 16.5 Å². The summed E-state index contributed by atoms with van der Waals surface area (Å²) in [6, 6.07) is 50.2. The predicted molar refractivity (Wildman–Crippen MR) is 192 cm³/mol. The van der Waals surface area contributed by atoms with Crippen LogP contribution in [-0.4, -0.2) is 14.5 Å². The molecule has 0 amide bonds. The molecule has 0 atom stereocenters. The average molecular weight is 605 g/mol. The molecule has 0 spiro atoms. The molecule has 0 aliphatic carbocycles. The maximum absolute atomic E-state index is 7.54. The summed E-state index contributed by atoms with van der Waals surface area (Å²) in [4.78, 5) is 13.8. The highest BCUT2D eigenvalue weighted by atomic mass is 32.1. The molecule has 214 valence electrons. The fourth-order valence-corrected chi connectivity index (χ4v) is 7.74. The van der Waals surface area contributed by atoms with Gasteiger partial charge in [-0.2, -0.15) is 0 Å². The molecular weight excluding hydrogens is 581 g/mol. The van der Waals surface area contributed by atoms with Crippen molar-refractivity contribution in [2.45, 2.75) is 0 Å². The summed E-state index contributed by atoms with van der Waals surface area (Å²) in [6.07, 6.45) is 0. The molecule has 4 nitrogen and oxygen atoms in total. The van der Waals surface area contributed by atoms with Crippen molar-refractivity contribution in [1.82, 2.24) is 14.5 Å². The van der Waals surface area contributed by atoms with Gasteiger partial charge in [0.2, 0.25) is 0 Å². The highest BCUT2D eigenvalue weighted by molar-refractivity contribution is 7.26. The summed E-state index contributed by atoms with van der Waals surface area (Å²) in [5.41, 5.74) is 8.46. The Morgan fingerprint density at radius 1 is 0.543 bits per heavy atom. The van der Waals surface area contributed by atoms with E-state index in [1.807, 2.05) is 59.9 Å². The van der Waals surface area contributed by atoms with Gasteiger partial charge in [0.1, 0.15) is 0 Å². The van der Waals surface area contributed by atoms with Crippen LogP contribution in [0.5, 0.6) is 0 Å². The van der Waals surface area contributed by atoms with Gasteiger partial charge in [-0.05, 0) is 42.0 Å². The first kappa shape index (κ1) is 26.3. The minimum absolute atomic E-state index is 0.583. The van der Waals surface area contributed by atoms with Crippen molar-refractivity contribution in [1.29, 1.82) is 0 Å². The number of para-hydroxylation sites is 1. The fraction of sp³-hybridized carbons (Fsp3) is 0. The van der Waals surface area contributed by atoms with Gasteiger partial charge in [-0.1, -0.05) is 109 Å². The quantitative estimate of drug-likeness (QED) is 0.187. The van der Waals surface area contributed by atoms with E-state index >= 15 is 0 Å². The zero-order valence-electron chi connectivity index (χ0n) is 24.6. The lowest BCUT2D eigenvalue weighted by atomic mass is 10.1. The van der Waals surface area contributed by atoms with Crippen LogP contribution in [0.2, 0.25) is 0 Å². The van der Waals surface area contributed by atoms with Gasteiger partial charge in [-0.15, -0.1) is 11.3 Å². The second kappa shape index (κ2) is 10.5. The first-order valence-electron chi connectivity index (χ1n) is 15.1. The predicted octanol–water partition coefficient (Wildman–Crippen LogP) is 11.5. The Hall–Kier alpha value is -6.09. The van der Waals surface area contributed by atoms with Crippen molar-refractivity contribution in [3.63, 3.8) is 0 Å². The Labute approximate surface area is 269 Å². The van der Waals surface area contributed by atoms with E-state index < -0.39 is 0 Å². The number of aromatic nitrogens is 3. The molecule has 0 saturated heterocycles. The van der Waals surface area contributed by atoms with Crippen LogP contribution in [0.25, 0.3) is 86.4 Å². The Morgan fingerprint density at radius 2 is 1.24 bits per heavy atom. The molecule has 46 heavy (non-hydrogen) atoms. The molecule has 0 N–H and O–H groups in total. The maximum atomic E-state index is 7.54. The Morgan fingerprint density at radius 3 is 2.11 bits per heavy atom. The zero-order chi connectivity index (χ0) is 30.6. The molecular formula is C41H24N4S. The van der Waals surface area contributed by atoms with Crippen LogP contribution in [0.15, 0.2) is 146 Å². The number of benzene rings is 6. The van der Waals surface area contributed by atoms with Crippen LogP contribution in [0.3, 0.4) is 0 Å². The van der Waals surface area contributed by atoms with Crippen molar-refractivity contribution in [2.24, 2.45) is 0 Å². The standard InChI is InChI=1S/C41H24N4S/c1-42-29-15-9-13-27(23-29)36-25-35(26-11-3-2-4-12-26)43-41(44-36)28-14-10-16-30(24-28)45-37-19-7-5-17-31(37)33-21-22-34-32-18-6-8-20-38(32)46-40(34)39(33)45/h2-25H. The van der Waals surface area contributed by atoms with Gasteiger partial charge in [0.05, 0.1) is 33.7 Å². The summed E-state index contributed by atoms with van der Waals surface area (Å²) in [5, 5.41) is 5.03. The van der Waals surface area contributed by atoms with Crippen molar-refractivity contribution in [3.05, 3.63) is 157 Å². The first-order valence-corrected chi connectivity index (χ1v) is 15.9. The smallest absolute Gasteiger partial charge is 0.187 e. The second-order valence-electron chi connectivity index (χ2n) is 11.3. The lowest BCUT2D eigenvalue weighted by Gasteiger charge is -2.12. The number of fused-ring (bicyclic) bond motifs is 7. The third-order valence-corrected chi connectivity index (χ3v) is 9.80. The van der Waals surface area contributed by atoms with Crippen LogP contribution in [0.4, 0.5) is 5.69 Å². The van der Waals surface area contributed by atoms with E-state index in [9.17, 15) is 0 Å². The maximum Gasteiger partial charge on any atom is 0.187 e. The van der Waals surface area contributed by atoms with Gasteiger partial charge >= 0.3 is 0 Å². The van der Waals surface area contributed by atoms with E-state index in [0.717, 1.165) is 39.3 Å². The molecule has 0 unspecified atom stereocenters. The van der Waals surface area contributed by atoms with Crippen LogP contribution in [0.1, 0.15) is 0 Å². The topological polar surface area (TPSA) is 35.1 Å². The van der Waals surface area contributed by atoms with Crippen molar-refractivity contribution in [3.8, 4) is 39.6 Å². The summed E-state index contributed by atoms with van der Waals surface area (Å²) < 4.78 is 4.97. The lowest BCUT2D eigenvalue weighted by molar-refractivity contribution is 1.16. The Kier molecular flexibility index (Phi) is 6.02. The van der Waals surface area contributed by atoms with E-state index in [0.29, 0.717) is 11.5 Å². The lowest BCUT2D eigenvalue weighted by Crippen LogP contribution is -1.98. The van der Waals surface area contributed by atoms with Gasteiger partial charge in [0.25, 0.3) is 0 Å². The fourth-order valence-electron chi connectivity index (χ4n) is 6.50. The number of hydrogen-bond donors (Lipinski definition) is 0. The van der Waals surface area contributed by atoms with Crippen LogP contribution in [-0.2, 0) is 0 Å². The Balaban J connectivity index is 1.29. The zero-order valence-corrected chi connectivity index (χ0v) is 25.4. The molecule has 0 saturated carbocycles. The summed E-state index contributed by atoms with van der Waals surface area (Å²) in [6.45, 7) is 7.54. The number of rotatable bonds is 4. The van der Waals surface area contributed by atoms with Crippen molar-refractivity contribution in [2.75, 3.05) is 0 Å². The van der Waals surface area contributed by atoms with Gasteiger partial charge in [0.15, 0.2) is 11.5 Å². The largest absolute Gasteiger partial charge is 0.308 e. The van der Waals surface area contributed by atoms with Crippen LogP contribution >= 0.6 is 11.3 Å². The molecule has 0 bridgehead atoms. The molecule has 3 aromatic heterocycles. The SMILES string of the molecule is [C-]#[N+]c1cccc(-c2cc(-c3ccccc3)nc(-c3cccc(-n4c5ccccc5c5ccc6c7ccccc7sc6c54)c3)n2)c1. The normalized spacial score (nSPS) is 11.5. The highest BCUT2D eigenvalue weighted by Gasteiger charge is 2.18. The molecule has 9 aromatic rings. The van der Waals surface area contributed by atoms with E-state index in [1.165, 1.54) is 36.5 Å². The van der Waals surface area contributed by atoms with E-state index in [2.05, 4.69) is 106 Å². The minimum Gasteiger partial charge on any atom is -0.308 e. The molecule has 0 aliphatic rings. The number of nitrogens with zero attached hydrogens (tertiary/aromatic N) is 4. The summed E-state index contributed by atoms with van der Waals surface area (Å²) in [5.74, 6) is 0.638. The van der Waals surface area contributed by atoms with Crippen molar-refractivity contribution < 1.29 is 0 Å². The monoisotopic (exact) mass is 604 g/mol. The van der Waals surface area contributed by atoms with Gasteiger partial charge in [0, 0.05) is 43.1 Å². The summed E-state index contributed by atoms with van der Waals surface area (Å²) in [7, 11) is 0. The molecule has 5 heteroatoms. The van der Waals surface area contributed by atoms with E-state index in [-0.39, 0.29) is 0 Å². The molecule has 0 fully saturated rings. The molecule has 9 rings (SSSR count). The summed E-state index contributed by atoms with van der Waals surface area (Å²) >= 11 is 1.85. The molecule has 0 aliphatic heterocycles. The van der Waals surface area contributed by atoms with Gasteiger partial charge in [-0.25, -0.2) is 14.8 Å². The average Bonchev–Trinajstić information content (AvgIpc) is 3.68. The number of thiophene rings is 1. The molecule has 0 radical (unpaired) electrons. The van der Waals surface area contributed by atoms with Crippen LogP contribution < -0.4 is 0 Å². The minimum atomic E-state index is 0.583. The third-order valence-electron chi connectivity index (χ3n) is 8.61.